The van der Waals surface area contributed by atoms with E-state index in [4.69, 9.17) is 4.74 Å². The van der Waals surface area contributed by atoms with Gasteiger partial charge in [0.05, 0.1) is 0 Å². The zero-order chi connectivity index (χ0) is 11.2. The van der Waals surface area contributed by atoms with Crippen molar-refractivity contribution in [3.8, 4) is 5.75 Å². The van der Waals surface area contributed by atoms with Gasteiger partial charge in [-0.1, -0.05) is 22.9 Å². The highest BCUT2D eigenvalue weighted by Crippen LogP contribution is 2.44. The summed E-state index contributed by atoms with van der Waals surface area (Å²) in [4.78, 5) is 0. The molecule has 2 atom stereocenters. The Morgan fingerprint density at radius 1 is 1.53 bits per heavy atom. The van der Waals surface area contributed by atoms with Gasteiger partial charge in [0.15, 0.2) is 11.6 Å². The molecule has 1 aliphatic rings. The SMILES string of the molecule is CCC1Oc2c(F)c(F)cc(Br)c2C1O. The van der Waals surface area contributed by atoms with Crippen LogP contribution in [0.5, 0.6) is 5.75 Å². The molecular formula is C10H9BrF2O2. The first-order valence-corrected chi connectivity index (χ1v) is 5.37. The van der Waals surface area contributed by atoms with Crippen LogP contribution in [0.1, 0.15) is 25.0 Å². The average molecular weight is 279 g/mol. The summed E-state index contributed by atoms with van der Waals surface area (Å²) in [5, 5.41) is 9.79. The fourth-order valence-electron chi connectivity index (χ4n) is 1.69. The highest BCUT2D eigenvalue weighted by Gasteiger charge is 2.37. The van der Waals surface area contributed by atoms with Gasteiger partial charge in [0.25, 0.3) is 0 Å². The Labute approximate surface area is 94.0 Å². The van der Waals surface area contributed by atoms with Gasteiger partial charge in [-0.15, -0.1) is 0 Å². The molecule has 1 N–H and O–H groups in total. The minimum atomic E-state index is -1.04. The van der Waals surface area contributed by atoms with Crippen molar-refractivity contribution in [2.24, 2.45) is 0 Å². The zero-order valence-electron chi connectivity index (χ0n) is 7.93. The van der Waals surface area contributed by atoms with Gasteiger partial charge in [-0.3, -0.25) is 0 Å². The number of fused-ring (bicyclic) bond motifs is 1. The third-order valence-corrected chi connectivity index (χ3v) is 3.14. The number of aliphatic hydroxyl groups is 1. The molecular weight excluding hydrogens is 270 g/mol. The van der Waals surface area contributed by atoms with E-state index in [1.54, 1.807) is 0 Å². The molecule has 82 valence electrons. The topological polar surface area (TPSA) is 29.5 Å². The van der Waals surface area contributed by atoms with E-state index in [-0.39, 0.29) is 5.75 Å². The van der Waals surface area contributed by atoms with Crippen molar-refractivity contribution in [1.82, 2.24) is 0 Å². The van der Waals surface area contributed by atoms with Crippen LogP contribution in [0.4, 0.5) is 8.78 Å². The first-order chi connectivity index (χ1) is 7.06. The summed E-state index contributed by atoms with van der Waals surface area (Å²) in [6.07, 6.45) is -0.884. The molecule has 0 amide bonds. The van der Waals surface area contributed by atoms with E-state index in [2.05, 4.69) is 15.9 Å². The molecule has 1 aromatic carbocycles. The van der Waals surface area contributed by atoms with Crippen molar-refractivity contribution in [1.29, 1.82) is 0 Å². The van der Waals surface area contributed by atoms with Crippen LogP contribution in [0.15, 0.2) is 10.5 Å². The Kier molecular flexibility index (Phi) is 2.68. The number of aliphatic hydroxyl groups excluding tert-OH is 1. The van der Waals surface area contributed by atoms with Crippen LogP contribution in [0.25, 0.3) is 0 Å². The van der Waals surface area contributed by atoms with E-state index in [9.17, 15) is 13.9 Å². The van der Waals surface area contributed by atoms with E-state index in [0.717, 1.165) is 6.07 Å². The van der Waals surface area contributed by atoms with Crippen LogP contribution in [-0.2, 0) is 0 Å². The first kappa shape index (κ1) is 10.8. The fraction of sp³-hybridized carbons (Fsp3) is 0.400. The van der Waals surface area contributed by atoms with Gasteiger partial charge >= 0.3 is 0 Å². The van der Waals surface area contributed by atoms with Gasteiger partial charge in [0, 0.05) is 10.0 Å². The third-order valence-electron chi connectivity index (χ3n) is 2.48. The van der Waals surface area contributed by atoms with Crippen LogP contribution in [0.2, 0.25) is 0 Å². The van der Waals surface area contributed by atoms with Gasteiger partial charge < -0.3 is 9.84 Å². The van der Waals surface area contributed by atoms with E-state index in [1.165, 1.54) is 0 Å². The van der Waals surface area contributed by atoms with Crippen LogP contribution in [0.3, 0.4) is 0 Å². The largest absolute Gasteiger partial charge is 0.484 e. The second kappa shape index (κ2) is 3.72. The Bertz CT molecular complexity index is 409. The Hall–Kier alpha value is -0.680. The number of benzene rings is 1. The molecule has 1 aliphatic heterocycles. The van der Waals surface area contributed by atoms with Crippen LogP contribution < -0.4 is 4.74 Å². The normalized spacial score (nSPS) is 23.8. The lowest BCUT2D eigenvalue weighted by molar-refractivity contribution is 0.0636. The van der Waals surface area contributed by atoms with Gasteiger partial charge in [-0.05, 0) is 12.5 Å². The number of hydrogen-bond donors (Lipinski definition) is 1. The zero-order valence-corrected chi connectivity index (χ0v) is 9.51. The fourth-order valence-corrected chi connectivity index (χ4v) is 2.30. The quantitative estimate of drug-likeness (QED) is 0.801. The Balaban J connectivity index is 2.58. The van der Waals surface area contributed by atoms with Crippen molar-refractivity contribution in [2.45, 2.75) is 25.6 Å². The predicted octanol–water partition coefficient (Wildman–Crippen LogP) is 2.93. The van der Waals surface area contributed by atoms with E-state index in [0.29, 0.717) is 16.5 Å². The highest BCUT2D eigenvalue weighted by molar-refractivity contribution is 9.10. The minimum absolute atomic E-state index is 0.179. The molecule has 0 fully saturated rings. The van der Waals surface area contributed by atoms with E-state index >= 15 is 0 Å². The molecule has 1 heterocycles. The molecule has 1 aromatic rings. The molecule has 5 heteroatoms. The van der Waals surface area contributed by atoms with E-state index < -0.39 is 23.8 Å². The summed E-state index contributed by atoms with van der Waals surface area (Å²) in [6.45, 7) is 1.81. The summed E-state index contributed by atoms with van der Waals surface area (Å²) < 4.78 is 31.9. The first-order valence-electron chi connectivity index (χ1n) is 4.58. The lowest BCUT2D eigenvalue weighted by atomic mass is 10.1. The van der Waals surface area contributed by atoms with Crippen molar-refractivity contribution >= 4 is 15.9 Å². The van der Waals surface area contributed by atoms with Crippen molar-refractivity contribution in [3.63, 3.8) is 0 Å². The molecule has 2 nitrogen and oxygen atoms in total. The van der Waals surface area contributed by atoms with Gasteiger partial charge in [0.1, 0.15) is 12.2 Å². The average Bonchev–Trinajstić information content (AvgIpc) is 2.53. The molecule has 0 saturated carbocycles. The van der Waals surface area contributed by atoms with Crippen LogP contribution in [0, 0.1) is 11.6 Å². The number of hydrogen-bond acceptors (Lipinski definition) is 2. The Morgan fingerprint density at radius 2 is 2.20 bits per heavy atom. The number of rotatable bonds is 1. The maximum atomic E-state index is 13.3. The van der Waals surface area contributed by atoms with Crippen molar-refractivity contribution < 1.29 is 18.6 Å². The van der Waals surface area contributed by atoms with Crippen LogP contribution >= 0.6 is 15.9 Å². The third kappa shape index (κ3) is 1.54. The minimum Gasteiger partial charge on any atom is -0.484 e. The maximum Gasteiger partial charge on any atom is 0.201 e. The monoisotopic (exact) mass is 278 g/mol. The smallest absolute Gasteiger partial charge is 0.201 e. The lowest BCUT2D eigenvalue weighted by Crippen LogP contribution is -2.16. The molecule has 0 spiro atoms. The molecule has 0 bridgehead atoms. The number of ether oxygens (including phenoxy) is 1. The molecule has 0 aliphatic carbocycles. The lowest BCUT2D eigenvalue weighted by Gasteiger charge is -2.10. The summed E-state index contributed by atoms with van der Waals surface area (Å²) in [6, 6.07) is 0.999. The second-order valence-corrected chi connectivity index (χ2v) is 4.26. The Morgan fingerprint density at radius 3 is 2.80 bits per heavy atom. The molecule has 15 heavy (non-hydrogen) atoms. The highest BCUT2D eigenvalue weighted by atomic mass is 79.9. The standard InChI is InChI=1S/C10H9BrF2O2/c1-2-6-9(14)7-4(11)3-5(12)8(13)10(7)15-6/h3,6,9,14H,2H2,1H3. The summed E-state index contributed by atoms with van der Waals surface area (Å²) >= 11 is 3.08. The molecule has 2 unspecified atom stereocenters. The van der Waals surface area contributed by atoms with E-state index in [1.807, 2.05) is 6.92 Å². The van der Waals surface area contributed by atoms with Gasteiger partial charge in [-0.25, -0.2) is 4.39 Å². The summed E-state index contributed by atoms with van der Waals surface area (Å²) in [5.74, 6) is -2.20. The number of halogens is 3. The molecule has 2 rings (SSSR count). The van der Waals surface area contributed by atoms with Gasteiger partial charge in [-0.2, -0.15) is 4.39 Å². The predicted molar refractivity (Wildman–Crippen MR) is 53.7 cm³/mol. The van der Waals surface area contributed by atoms with Gasteiger partial charge in [0.2, 0.25) is 5.82 Å². The van der Waals surface area contributed by atoms with Crippen LogP contribution in [-0.4, -0.2) is 11.2 Å². The van der Waals surface area contributed by atoms with Crippen molar-refractivity contribution in [2.75, 3.05) is 0 Å². The second-order valence-electron chi connectivity index (χ2n) is 3.41. The maximum absolute atomic E-state index is 13.3. The van der Waals surface area contributed by atoms with Crippen molar-refractivity contribution in [3.05, 3.63) is 27.7 Å². The summed E-state index contributed by atoms with van der Waals surface area (Å²) in [7, 11) is 0. The summed E-state index contributed by atoms with van der Waals surface area (Å²) in [5.41, 5.74) is 0.292. The molecule has 0 aromatic heterocycles. The molecule has 0 saturated heterocycles. The molecule has 0 radical (unpaired) electrons.